The second-order valence-electron chi connectivity index (χ2n) is 13.6. The highest BCUT2D eigenvalue weighted by Gasteiger charge is 2.46. The number of aliphatic hydroxyl groups is 1. The summed E-state index contributed by atoms with van der Waals surface area (Å²) in [5.74, 6) is -0.302. The number of nitrogens with one attached hydrogen (secondary N) is 1. The number of aryl methyl sites for hydroxylation is 2. The van der Waals surface area contributed by atoms with Crippen LogP contribution in [0.5, 0.6) is 5.88 Å². The molecule has 5 rings (SSSR count). The molecular weight excluding hydrogens is 566 g/mol. The van der Waals surface area contributed by atoms with Crippen LogP contribution in [-0.2, 0) is 10.0 Å². The summed E-state index contributed by atoms with van der Waals surface area (Å²) in [5, 5.41) is 10.3. The van der Waals surface area contributed by atoms with E-state index in [1.165, 1.54) is 18.2 Å². The number of hydrogen-bond acceptors (Lipinski definition) is 8. The maximum atomic E-state index is 14.2. The molecule has 4 bridgehead atoms. The standard InChI is InChI=1S/C32H41N5O5S/c1-19-10-8-11-20(2)28(19)25-16-26-35-30(34-25)36-43(40,41)27-13-9-12-24(33-27)29(38)37(22-14-21(15-22)32(6,7)39)23(18-42-26)17-31(3,4)5/h8-13,16,21-23,39H,14-15,17-18H2,1-7H3,(H,34,35,36)/t21?,22?,23-/m1/s1. The number of pyridine rings is 1. The first-order valence-corrected chi connectivity index (χ1v) is 16.1. The number of aromatic nitrogens is 3. The maximum absolute atomic E-state index is 14.2. The van der Waals surface area contributed by atoms with E-state index >= 15 is 0 Å². The van der Waals surface area contributed by atoms with Gasteiger partial charge in [-0.1, -0.05) is 45.0 Å². The SMILES string of the molecule is Cc1cccc(C)c1-c1cc2nc(n1)NS(=O)(=O)c1cccc(n1)C(=O)N(C1CC(C(C)(C)O)C1)[C@H](CC(C)(C)C)CO2. The highest BCUT2D eigenvalue weighted by atomic mass is 32.2. The molecule has 2 N–H and O–H groups in total. The summed E-state index contributed by atoms with van der Waals surface area (Å²) in [5.41, 5.74) is 2.30. The summed E-state index contributed by atoms with van der Waals surface area (Å²) in [6.07, 6.45) is 1.84. The first-order chi connectivity index (χ1) is 20.0. The summed E-state index contributed by atoms with van der Waals surface area (Å²) in [7, 11) is -4.25. The van der Waals surface area contributed by atoms with E-state index in [-0.39, 0.29) is 58.5 Å². The number of benzene rings is 1. The molecule has 0 radical (unpaired) electrons. The lowest BCUT2D eigenvalue weighted by atomic mass is 9.70. The van der Waals surface area contributed by atoms with Crippen LogP contribution in [0.25, 0.3) is 11.3 Å². The largest absolute Gasteiger partial charge is 0.475 e. The van der Waals surface area contributed by atoms with Gasteiger partial charge < -0.3 is 14.7 Å². The number of amides is 1. The van der Waals surface area contributed by atoms with Gasteiger partial charge in [0.15, 0.2) is 5.03 Å². The lowest BCUT2D eigenvalue weighted by molar-refractivity contribution is -0.0657. The molecule has 2 aliphatic rings. The van der Waals surface area contributed by atoms with Gasteiger partial charge in [-0.25, -0.2) is 14.7 Å². The number of anilines is 1. The zero-order valence-corrected chi connectivity index (χ0v) is 26.7. The molecule has 1 aromatic carbocycles. The van der Waals surface area contributed by atoms with Gasteiger partial charge in [0.25, 0.3) is 15.9 Å². The maximum Gasteiger partial charge on any atom is 0.281 e. The van der Waals surface area contributed by atoms with E-state index in [1.807, 2.05) is 32.0 Å². The number of fused-ring (bicyclic) bond motifs is 4. The number of hydrogen-bond donors (Lipinski definition) is 2. The Kier molecular flexibility index (Phi) is 8.02. The van der Waals surface area contributed by atoms with Crippen molar-refractivity contribution in [2.75, 3.05) is 11.3 Å². The minimum atomic E-state index is -4.25. The third kappa shape index (κ3) is 6.67. The van der Waals surface area contributed by atoms with E-state index in [9.17, 15) is 18.3 Å². The Hall–Kier alpha value is -3.57. The summed E-state index contributed by atoms with van der Waals surface area (Å²) >= 11 is 0. The molecule has 2 aromatic heterocycles. The Morgan fingerprint density at radius 2 is 1.63 bits per heavy atom. The van der Waals surface area contributed by atoms with Gasteiger partial charge in [0, 0.05) is 17.7 Å². The van der Waals surface area contributed by atoms with Crippen LogP contribution in [0.3, 0.4) is 0 Å². The van der Waals surface area contributed by atoms with E-state index in [1.54, 1.807) is 24.8 Å². The molecular formula is C32H41N5O5S. The van der Waals surface area contributed by atoms with Crippen LogP contribution < -0.4 is 9.46 Å². The van der Waals surface area contributed by atoms with E-state index in [0.29, 0.717) is 25.0 Å². The minimum Gasteiger partial charge on any atom is -0.475 e. The third-order valence-corrected chi connectivity index (χ3v) is 9.52. The van der Waals surface area contributed by atoms with Crippen LogP contribution in [-0.4, -0.2) is 63.6 Å². The van der Waals surface area contributed by atoms with Gasteiger partial charge in [0.2, 0.25) is 11.8 Å². The van der Waals surface area contributed by atoms with Gasteiger partial charge in [0.1, 0.15) is 12.3 Å². The molecule has 1 aliphatic carbocycles. The molecule has 3 heterocycles. The van der Waals surface area contributed by atoms with E-state index in [0.717, 1.165) is 16.7 Å². The van der Waals surface area contributed by atoms with Crippen LogP contribution in [0.2, 0.25) is 0 Å². The molecule has 0 saturated heterocycles. The van der Waals surface area contributed by atoms with Crippen molar-refractivity contribution < 1.29 is 23.1 Å². The summed E-state index contributed by atoms with van der Waals surface area (Å²) in [6, 6.07) is 11.4. The van der Waals surface area contributed by atoms with Gasteiger partial charge in [-0.05, 0) is 81.5 Å². The van der Waals surface area contributed by atoms with Crippen molar-refractivity contribution in [2.45, 2.75) is 90.4 Å². The second-order valence-corrected chi connectivity index (χ2v) is 15.2. The monoisotopic (exact) mass is 607 g/mol. The molecule has 0 spiro atoms. The fourth-order valence-corrected chi connectivity index (χ4v) is 6.94. The fourth-order valence-electron chi connectivity index (χ4n) is 6.03. The van der Waals surface area contributed by atoms with Crippen LogP contribution >= 0.6 is 0 Å². The number of sulfonamides is 1. The quantitative estimate of drug-likeness (QED) is 0.416. The highest BCUT2D eigenvalue weighted by Crippen LogP contribution is 2.42. The van der Waals surface area contributed by atoms with Gasteiger partial charge >= 0.3 is 0 Å². The van der Waals surface area contributed by atoms with Crippen LogP contribution in [0, 0.1) is 25.2 Å². The van der Waals surface area contributed by atoms with E-state index < -0.39 is 15.6 Å². The minimum absolute atomic E-state index is 0.0246. The molecule has 43 heavy (non-hydrogen) atoms. The predicted octanol–water partition coefficient (Wildman–Crippen LogP) is 5.15. The first kappa shape index (κ1) is 30.9. The summed E-state index contributed by atoms with van der Waals surface area (Å²) < 4.78 is 35.8. The van der Waals surface area contributed by atoms with E-state index in [4.69, 9.17) is 4.74 Å². The lowest BCUT2D eigenvalue weighted by Gasteiger charge is -2.50. The summed E-state index contributed by atoms with van der Waals surface area (Å²) in [6.45, 7) is 14.0. The summed E-state index contributed by atoms with van der Waals surface area (Å²) in [4.78, 5) is 29.3. The molecule has 1 aliphatic heterocycles. The number of rotatable bonds is 4. The van der Waals surface area contributed by atoms with Crippen LogP contribution in [0.15, 0.2) is 47.5 Å². The second kappa shape index (κ2) is 11.2. The first-order valence-electron chi connectivity index (χ1n) is 14.7. The molecule has 3 aromatic rings. The van der Waals surface area contributed by atoms with Crippen molar-refractivity contribution >= 4 is 21.9 Å². The highest BCUT2D eigenvalue weighted by molar-refractivity contribution is 7.92. The van der Waals surface area contributed by atoms with Crippen molar-refractivity contribution in [1.29, 1.82) is 0 Å². The number of ether oxygens (including phenoxy) is 1. The molecule has 0 unspecified atom stereocenters. The van der Waals surface area contributed by atoms with Crippen molar-refractivity contribution in [3.63, 3.8) is 0 Å². The zero-order valence-electron chi connectivity index (χ0n) is 25.9. The molecule has 1 fully saturated rings. The Bertz CT molecular complexity index is 1620. The van der Waals surface area contributed by atoms with Crippen LogP contribution in [0.1, 0.15) is 75.5 Å². The predicted molar refractivity (Wildman–Crippen MR) is 164 cm³/mol. The Balaban J connectivity index is 1.65. The normalized spacial score (nSPS) is 22.3. The molecule has 10 nitrogen and oxygen atoms in total. The van der Waals surface area contributed by atoms with Crippen molar-refractivity contribution in [2.24, 2.45) is 11.3 Å². The zero-order chi connectivity index (χ0) is 31.3. The topological polar surface area (TPSA) is 135 Å². The molecule has 11 heteroatoms. The van der Waals surface area contributed by atoms with Gasteiger partial charge in [0.05, 0.1) is 17.3 Å². The fraction of sp³-hybridized carbons (Fsp3) is 0.500. The Labute approximate surface area is 254 Å². The average Bonchev–Trinajstić information content (AvgIpc) is 2.86. The van der Waals surface area contributed by atoms with Gasteiger partial charge in [-0.3, -0.25) is 4.79 Å². The molecule has 1 amide bonds. The number of carbonyl (C=O) groups is 1. The molecule has 1 atom stereocenters. The van der Waals surface area contributed by atoms with Crippen molar-refractivity contribution in [3.8, 4) is 17.1 Å². The lowest BCUT2D eigenvalue weighted by Crippen LogP contribution is -2.58. The van der Waals surface area contributed by atoms with Gasteiger partial charge in [-0.2, -0.15) is 13.4 Å². The number of nitrogens with zero attached hydrogens (tertiary/aromatic N) is 4. The van der Waals surface area contributed by atoms with Gasteiger partial charge in [-0.15, -0.1) is 0 Å². The smallest absolute Gasteiger partial charge is 0.281 e. The van der Waals surface area contributed by atoms with Crippen LogP contribution in [0.4, 0.5) is 5.95 Å². The van der Waals surface area contributed by atoms with E-state index in [2.05, 4.69) is 40.4 Å². The van der Waals surface area contributed by atoms with Crippen molar-refractivity contribution in [3.05, 3.63) is 59.3 Å². The molecule has 1 saturated carbocycles. The Morgan fingerprint density at radius 3 is 2.26 bits per heavy atom. The Morgan fingerprint density at radius 1 is 0.977 bits per heavy atom. The number of carbonyl (C=O) groups excluding carboxylic acids is 1. The molecule has 230 valence electrons. The average molecular weight is 608 g/mol. The third-order valence-electron chi connectivity index (χ3n) is 8.29. The van der Waals surface area contributed by atoms with Crippen molar-refractivity contribution in [1.82, 2.24) is 19.9 Å².